The van der Waals surface area contributed by atoms with Crippen LogP contribution in [0.2, 0.25) is 0 Å². The first-order valence-electron chi connectivity index (χ1n) is 6.79. The van der Waals surface area contributed by atoms with Gasteiger partial charge in [-0.15, -0.1) is 0 Å². The summed E-state index contributed by atoms with van der Waals surface area (Å²) in [6.07, 6.45) is 3.38. The Hall–Kier alpha value is -1.79. The van der Waals surface area contributed by atoms with E-state index in [2.05, 4.69) is 10.6 Å². The number of carboxylic acid groups (broad SMARTS) is 1. The number of carbonyl (C=O) groups excluding carboxylic acids is 2. The molecule has 1 aliphatic carbocycles. The van der Waals surface area contributed by atoms with Crippen molar-refractivity contribution < 1.29 is 19.5 Å². The number of carbonyl (C=O) groups is 3. The highest BCUT2D eigenvalue weighted by Gasteiger charge is 2.41. The average Bonchev–Trinajstić information content (AvgIpc) is 2.37. The highest BCUT2D eigenvalue weighted by molar-refractivity contribution is 5.87. The van der Waals surface area contributed by atoms with Gasteiger partial charge >= 0.3 is 12.0 Å². The monoisotopic (exact) mass is 285 g/mol. The Morgan fingerprint density at radius 1 is 1.20 bits per heavy atom. The molecule has 0 aromatic rings. The Morgan fingerprint density at radius 3 is 2.20 bits per heavy atom. The molecule has 5 N–H and O–H groups in total. The van der Waals surface area contributed by atoms with Crippen LogP contribution in [0.4, 0.5) is 4.79 Å². The quantitative estimate of drug-likeness (QED) is 0.590. The first-order valence-corrected chi connectivity index (χ1v) is 6.79. The predicted octanol–water partition coefficient (Wildman–Crippen LogP) is 0.585. The number of nitrogens with two attached hydrogens (primary N) is 1. The Balaban J connectivity index is 2.60. The van der Waals surface area contributed by atoms with E-state index in [9.17, 15) is 19.5 Å². The lowest BCUT2D eigenvalue weighted by Crippen LogP contribution is -2.59. The zero-order valence-corrected chi connectivity index (χ0v) is 12.0. The zero-order valence-electron chi connectivity index (χ0n) is 12.0. The minimum absolute atomic E-state index is 0.0594. The van der Waals surface area contributed by atoms with Gasteiger partial charge in [-0.25, -0.2) is 9.59 Å². The smallest absolute Gasteiger partial charge is 0.329 e. The van der Waals surface area contributed by atoms with Crippen LogP contribution in [0.15, 0.2) is 0 Å². The lowest BCUT2D eigenvalue weighted by Gasteiger charge is -2.34. The van der Waals surface area contributed by atoms with Crippen LogP contribution in [0.3, 0.4) is 0 Å². The molecule has 1 fully saturated rings. The van der Waals surface area contributed by atoms with Crippen LogP contribution in [0, 0.1) is 5.41 Å². The number of nitrogens with one attached hydrogen (secondary N) is 2. The third-order valence-corrected chi connectivity index (χ3v) is 3.83. The lowest BCUT2D eigenvalue weighted by molar-refractivity contribution is -0.145. The van der Waals surface area contributed by atoms with E-state index in [1.165, 1.54) is 0 Å². The molecule has 0 aliphatic heterocycles. The Kier molecular flexibility index (Phi) is 4.97. The highest BCUT2D eigenvalue weighted by Crippen LogP contribution is 2.28. The van der Waals surface area contributed by atoms with E-state index in [0.29, 0.717) is 12.8 Å². The van der Waals surface area contributed by atoms with Crippen LogP contribution in [0.1, 0.15) is 46.0 Å². The summed E-state index contributed by atoms with van der Waals surface area (Å²) in [6.45, 7) is 3.29. The second-order valence-electron chi connectivity index (χ2n) is 6.00. The molecule has 0 bridgehead atoms. The molecule has 0 unspecified atom stereocenters. The molecule has 0 aromatic carbocycles. The SMILES string of the molecule is CC(C)(CNC(=O)NC1(C(=O)O)CCCCC1)C(N)=O. The van der Waals surface area contributed by atoms with Crippen LogP contribution in [-0.2, 0) is 9.59 Å². The minimum Gasteiger partial charge on any atom is -0.480 e. The van der Waals surface area contributed by atoms with Crippen LogP contribution < -0.4 is 16.4 Å². The number of urea groups is 1. The van der Waals surface area contributed by atoms with Crippen molar-refractivity contribution >= 4 is 17.9 Å². The van der Waals surface area contributed by atoms with Crippen LogP contribution in [0.25, 0.3) is 0 Å². The Labute approximate surface area is 118 Å². The number of aliphatic carboxylic acids is 1. The minimum atomic E-state index is -1.20. The van der Waals surface area contributed by atoms with E-state index >= 15 is 0 Å². The van der Waals surface area contributed by atoms with Crippen molar-refractivity contribution in [1.82, 2.24) is 10.6 Å². The first-order chi connectivity index (χ1) is 9.19. The standard InChI is InChI=1S/C13H23N3O4/c1-12(2,9(14)17)8-15-11(20)16-13(10(18)19)6-4-3-5-7-13/h3-8H2,1-2H3,(H2,14,17)(H,18,19)(H2,15,16,20). The van der Waals surface area contributed by atoms with Gasteiger partial charge in [-0.2, -0.15) is 0 Å². The van der Waals surface area contributed by atoms with Crippen LogP contribution in [-0.4, -0.2) is 35.1 Å². The van der Waals surface area contributed by atoms with Gasteiger partial charge in [0.1, 0.15) is 5.54 Å². The van der Waals surface area contributed by atoms with Crippen molar-refractivity contribution in [2.75, 3.05) is 6.54 Å². The Morgan fingerprint density at radius 2 is 1.75 bits per heavy atom. The molecule has 0 heterocycles. The largest absolute Gasteiger partial charge is 0.480 e. The van der Waals surface area contributed by atoms with E-state index in [-0.39, 0.29) is 6.54 Å². The zero-order chi connectivity index (χ0) is 15.4. The second kappa shape index (κ2) is 6.11. The normalized spacial score (nSPS) is 18.1. The van der Waals surface area contributed by atoms with E-state index in [1.807, 2.05) is 0 Å². The fraction of sp³-hybridized carbons (Fsp3) is 0.769. The molecule has 114 valence electrons. The third kappa shape index (κ3) is 3.85. The van der Waals surface area contributed by atoms with Gasteiger partial charge in [-0.1, -0.05) is 19.3 Å². The summed E-state index contributed by atoms with van der Waals surface area (Å²) in [7, 11) is 0. The molecule has 20 heavy (non-hydrogen) atoms. The molecule has 7 heteroatoms. The maximum absolute atomic E-state index is 11.9. The number of carboxylic acids is 1. The van der Waals surface area contributed by atoms with Crippen LogP contribution in [0.5, 0.6) is 0 Å². The maximum Gasteiger partial charge on any atom is 0.329 e. The molecule has 3 amide bonds. The summed E-state index contributed by atoms with van der Waals surface area (Å²) in [5.41, 5.74) is 3.14. The van der Waals surface area contributed by atoms with E-state index < -0.39 is 28.9 Å². The molecule has 0 radical (unpaired) electrons. The molecular formula is C13H23N3O4. The van der Waals surface area contributed by atoms with Gasteiger partial charge in [0.05, 0.1) is 5.41 Å². The van der Waals surface area contributed by atoms with Crippen molar-refractivity contribution in [3.63, 3.8) is 0 Å². The molecule has 0 spiro atoms. The van der Waals surface area contributed by atoms with E-state index in [0.717, 1.165) is 19.3 Å². The fourth-order valence-corrected chi connectivity index (χ4v) is 2.20. The summed E-state index contributed by atoms with van der Waals surface area (Å²) in [5, 5.41) is 14.4. The second-order valence-corrected chi connectivity index (χ2v) is 6.00. The summed E-state index contributed by atoms with van der Waals surface area (Å²) in [4.78, 5) is 34.4. The van der Waals surface area contributed by atoms with Crippen LogP contribution >= 0.6 is 0 Å². The average molecular weight is 285 g/mol. The molecular weight excluding hydrogens is 262 g/mol. The topological polar surface area (TPSA) is 122 Å². The molecule has 1 rings (SSSR count). The van der Waals surface area contributed by atoms with Gasteiger partial charge in [0.15, 0.2) is 0 Å². The van der Waals surface area contributed by atoms with Gasteiger partial charge in [-0.3, -0.25) is 4.79 Å². The number of primary amides is 1. The van der Waals surface area contributed by atoms with Crippen molar-refractivity contribution in [2.24, 2.45) is 11.1 Å². The molecule has 0 saturated heterocycles. The molecule has 0 atom stereocenters. The van der Waals surface area contributed by atoms with Gasteiger partial charge in [0.25, 0.3) is 0 Å². The Bertz CT molecular complexity index is 400. The number of rotatable bonds is 5. The number of hydrogen-bond donors (Lipinski definition) is 4. The lowest BCUT2D eigenvalue weighted by atomic mass is 9.82. The number of amides is 3. The molecule has 1 saturated carbocycles. The van der Waals surface area contributed by atoms with Gasteiger partial charge in [0, 0.05) is 6.54 Å². The number of hydrogen-bond acceptors (Lipinski definition) is 3. The highest BCUT2D eigenvalue weighted by atomic mass is 16.4. The summed E-state index contributed by atoms with van der Waals surface area (Å²) >= 11 is 0. The molecule has 0 aromatic heterocycles. The summed E-state index contributed by atoms with van der Waals surface area (Å²) < 4.78 is 0. The van der Waals surface area contributed by atoms with Crippen molar-refractivity contribution in [1.29, 1.82) is 0 Å². The van der Waals surface area contributed by atoms with Crippen molar-refractivity contribution in [2.45, 2.75) is 51.5 Å². The van der Waals surface area contributed by atoms with Gasteiger partial charge in [0.2, 0.25) is 5.91 Å². The van der Waals surface area contributed by atoms with E-state index in [1.54, 1.807) is 13.8 Å². The van der Waals surface area contributed by atoms with Crippen molar-refractivity contribution in [3.8, 4) is 0 Å². The van der Waals surface area contributed by atoms with Gasteiger partial charge < -0.3 is 21.5 Å². The van der Waals surface area contributed by atoms with Crippen molar-refractivity contribution in [3.05, 3.63) is 0 Å². The third-order valence-electron chi connectivity index (χ3n) is 3.83. The summed E-state index contributed by atoms with van der Waals surface area (Å²) in [6, 6.07) is -0.580. The fourth-order valence-electron chi connectivity index (χ4n) is 2.20. The summed E-state index contributed by atoms with van der Waals surface area (Å²) in [5.74, 6) is -1.54. The van der Waals surface area contributed by atoms with Gasteiger partial charge in [-0.05, 0) is 26.7 Å². The molecule has 1 aliphatic rings. The molecule has 7 nitrogen and oxygen atoms in total. The predicted molar refractivity (Wildman–Crippen MR) is 73.0 cm³/mol. The first kappa shape index (κ1) is 16.3. The van der Waals surface area contributed by atoms with E-state index in [4.69, 9.17) is 5.73 Å². The maximum atomic E-state index is 11.9.